The molecule has 0 unspecified atom stereocenters. The van der Waals surface area contributed by atoms with Crippen molar-refractivity contribution in [3.63, 3.8) is 0 Å². The number of carbonyl (C=O) groups is 1. The van der Waals surface area contributed by atoms with Crippen LogP contribution >= 0.6 is 0 Å². The predicted octanol–water partition coefficient (Wildman–Crippen LogP) is 2.72. The molecule has 0 atom stereocenters. The number of amides is 1. The van der Waals surface area contributed by atoms with E-state index in [0.717, 1.165) is 22.4 Å². The predicted molar refractivity (Wildman–Crippen MR) is 79.9 cm³/mol. The van der Waals surface area contributed by atoms with Crippen molar-refractivity contribution in [2.75, 3.05) is 5.32 Å². The molecule has 0 aliphatic rings. The van der Waals surface area contributed by atoms with Gasteiger partial charge in [0.2, 0.25) is 5.91 Å². The zero-order valence-corrected chi connectivity index (χ0v) is 11.6. The largest absolute Gasteiger partial charge is 0.507 e. The number of aromatic hydroxyl groups is 1. The molecular formula is C16H18N2O2. The Balaban J connectivity index is 2.15. The SMILES string of the molecule is Cc1ccc(NCc2cccc(C(N)=O)c2)c(C)c1O. The van der Waals surface area contributed by atoms with Gasteiger partial charge >= 0.3 is 0 Å². The van der Waals surface area contributed by atoms with Crippen LogP contribution in [-0.4, -0.2) is 11.0 Å². The first-order valence-corrected chi connectivity index (χ1v) is 6.41. The van der Waals surface area contributed by atoms with Gasteiger partial charge in [0.15, 0.2) is 0 Å². The molecule has 2 rings (SSSR count). The second-order valence-electron chi connectivity index (χ2n) is 4.82. The van der Waals surface area contributed by atoms with Gasteiger partial charge in [-0.15, -0.1) is 0 Å². The number of rotatable bonds is 4. The number of carbonyl (C=O) groups excluding carboxylic acids is 1. The summed E-state index contributed by atoms with van der Waals surface area (Å²) in [7, 11) is 0. The van der Waals surface area contributed by atoms with E-state index in [1.165, 1.54) is 0 Å². The molecule has 1 amide bonds. The molecule has 4 nitrogen and oxygen atoms in total. The van der Waals surface area contributed by atoms with Crippen LogP contribution in [0.5, 0.6) is 5.75 Å². The highest BCUT2D eigenvalue weighted by Gasteiger charge is 2.06. The molecular weight excluding hydrogens is 252 g/mol. The summed E-state index contributed by atoms with van der Waals surface area (Å²) < 4.78 is 0. The first-order valence-electron chi connectivity index (χ1n) is 6.41. The first-order chi connectivity index (χ1) is 9.49. The molecule has 0 saturated carbocycles. The van der Waals surface area contributed by atoms with Crippen LogP contribution in [0, 0.1) is 13.8 Å². The summed E-state index contributed by atoms with van der Waals surface area (Å²) in [5.41, 5.74) is 9.25. The Kier molecular flexibility index (Phi) is 3.94. The van der Waals surface area contributed by atoms with E-state index in [-0.39, 0.29) is 0 Å². The highest BCUT2D eigenvalue weighted by atomic mass is 16.3. The lowest BCUT2D eigenvalue weighted by atomic mass is 10.1. The number of phenols is 1. The molecule has 2 aromatic rings. The molecule has 0 spiro atoms. The number of nitrogens with two attached hydrogens (primary N) is 1. The van der Waals surface area contributed by atoms with Crippen LogP contribution in [-0.2, 0) is 6.54 Å². The number of primary amides is 1. The van der Waals surface area contributed by atoms with E-state index in [9.17, 15) is 9.90 Å². The minimum Gasteiger partial charge on any atom is -0.507 e. The normalized spacial score (nSPS) is 10.3. The van der Waals surface area contributed by atoms with E-state index in [1.807, 2.05) is 32.0 Å². The van der Waals surface area contributed by atoms with Crippen molar-refractivity contribution < 1.29 is 9.90 Å². The number of phenolic OH excluding ortho intramolecular Hbond substituents is 1. The topological polar surface area (TPSA) is 75.3 Å². The van der Waals surface area contributed by atoms with Gasteiger partial charge in [-0.2, -0.15) is 0 Å². The fourth-order valence-electron chi connectivity index (χ4n) is 2.06. The van der Waals surface area contributed by atoms with Gasteiger partial charge in [-0.05, 0) is 43.2 Å². The summed E-state index contributed by atoms with van der Waals surface area (Å²) in [5.74, 6) is -0.128. The maximum atomic E-state index is 11.1. The summed E-state index contributed by atoms with van der Waals surface area (Å²) in [6, 6.07) is 11.0. The lowest BCUT2D eigenvalue weighted by Gasteiger charge is -2.12. The van der Waals surface area contributed by atoms with Crippen molar-refractivity contribution in [1.29, 1.82) is 0 Å². The number of anilines is 1. The number of hydrogen-bond acceptors (Lipinski definition) is 3. The molecule has 104 valence electrons. The van der Waals surface area contributed by atoms with Gasteiger partial charge in [-0.25, -0.2) is 0 Å². The van der Waals surface area contributed by atoms with E-state index in [1.54, 1.807) is 18.2 Å². The summed E-state index contributed by atoms with van der Waals surface area (Å²) in [6.45, 7) is 4.29. The number of aryl methyl sites for hydroxylation is 1. The van der Waals surface area contributed by atoms with Crippen LogP contribution in [0.1, 0.15) is 27.0 Å². The summed E-state index contributed by atoms with van der Waals surface area (Å²) in [4.78, 5) is 11.1. The zero-order chi connectivity index (χ0) is 14.7. The molecule has 4 N–H and O–H groups in total. The molecule has 4 heteroatoms. The van der Waals surface area contributed by atoms with Crippen LogP contribution in [0.4, 0.5) is 5.69 Å². The molecule has 2 aromatic carbocycles. The van der Waals surface area contributed by atoms with Crippen LogP contribution < -0.4 is 11.1 Å². The van der Waals surface area contributed by atoms with E-state index in [2.05, 4.69) is 5.32 Å². The van der Waals surface area contributed by atoms with Crippen molar-refractivity contribution >= 4 is 11.6 Å². The zero-order valence-electron chi connectivity index (χ0n) is 11.6. The van der Waals surface area contributed by atoms with E-state index >= 15 is 0 Å². The Morgan fingerprint density at radius 3 is 2.70 bits per heavy atom. The Hall–Kier alpha value is -2.49. The third-order valence-corrected chi connectivity index (χ3v) is 3.33. The Bertz CT molecular complexity index is 651. The van der Waals surface area contributed by atoms with Crippen LogP contribution in [0.15, 0.2) is 36.4 Å². The highest BCUT2D eigenvalue weighted by molar-refractivity contribution is 5.92. The fraction of sp³-hybridized carbons (Fsp3) is 0.188. The molecule has 0 heterocycles. The van der Waals surface area contributed by atoms with Crippen molar-refractivity contribution in [3.8, 4) is 5.75 Å². The second-order valence-corrected chi connectivity index (χ2v) is 4.82. The lowest BCUT2D eigenvalue weighted by molar-refractivity contribution is 0.1000. The number of nitrogens with one attached hydrogen (secondary N) is 1. The van der Waals surface area contributed by atoms with Gasteiger partial charge in [0, 0.05) is 23.4 Å². The van der Waals surface area contributed by atoms with Gasteiger partial charge in [0.05, 0.1) is 0 Å². The standard InChI is InChI=1S/C16H18N2O2/c1-10-6-7-14(11(2)15(10)19)18-9-12-4-3-5-13(8-12)16(17)20/h3-8,18-19H,9H2,1-2H3,(H2,17,20). The van der Waals surface area contributed by atoms with Gasteiger partial charge in [-0.3, -0.25) is 4.79 Å². The van der Waals surface area contributed by atoms with Crippen molar-refractivity contribution in [1.82, 2.24) is 0 Å². The van der Waals surface area contributed by atoms with E-state index in [4.69, 9.17) is 5.73 Å². The molecule has 0 aliphatic carbocycles. The molecule has 0 saturated heterocycles. The minimum atomic E-state index is -0.434. The summed E-state index contributed by atoms with van der Waals surface area (Å²) >= 11 is 0. The number of hydrogen-bond donors (Lipinski definition) is 3. The Morgan fingerprint density at radius 2 is 2.00 bits per heavy atom. The third-order valence-electron chi connectivity index (χ3n) is 3.33. The average Bonchev–Trinajstić information content (AvgIpc) is 2.44. The summed E-state index contributed by atoms with van der Waals surface area (Å²) in [5, 5.41) is 13.2. The van der Waals surface area contributed by atoms with Crippen molar-refractivity contribution in [2.24, 2.45) is 5.73 Å². The summed E-state index contributed by atoms with van der Waals surface area (Å²) in [6.07, 6.45) is 0. The maximum absolute atomic E-state index is 11.1. The Labute approximate surface area is 118 Å². The minimum absolute atomic E-state index is 0.306. The highest BCUT2D eigenvalue weighted by Crippen LogP contribution is 2.28. The quantitative estimate of drug-likeness (QED) is 0.799. The van der Waals surface area contributed by atoms with Gasteiger partial charge in [0.25, 0.3) is 0 Å². The molecule has 0 aromatic heterocycles. The maximum Gasteiger partial charge on any atom is 0.248 e. The van der Waals surface area contributed by atoms with Crippen molar-refractivity contribution in [2.45, 2.75) is 20.4 Å². The van der Waals surface area contributed by atoms with Gasteiger partial charge in [-0.1, -0.05) is 18.2 Å². The fourth-order valence-corrected chi connectivity index (χ4v) is 2.06. The van der Waals surface area contributed by atoms with Gasteiger partial charge < -0.3 is 16.2 Å². The monoisotopic (exact) mass is 270 g/mol. The van der Waals surface area contributed by atoms with E-state index < -0.39 is 5.91 Å². The third kappa shape index (κ3) is 2.91. The molecule has 0 fully saturated rings. The van der Waals surface area contributed by atoms with Crippen molar-refractivity contribution in [3.05, 3.63) is 58.7 Å². The van der Waals surface area contributed by atoms with Crippen LogP contribution in [0.3, 0.4) is 0 Å². The lowest BCUT2D eigenvalue weighted by Crippen LogP contribution is -2.11. The van der Waals surface area contributed by atoms with Crippen LogP contribution in [0.2, 0.25) is 0 Å². The van der Waals surface area contributed by atoms with E-state index in [0.29, 0.717) is 17.9 Å². The first kappa shape index (κ1) is 13.9. The smallest absolute Gasteiger partial charge is 0.248 e. The molecule has 20 heavy (non-hydrogen) atoms. The Morgan fingerprint density at radius 1 is 1.25 bits per heavy atom. The average molecular weight is 270 g/mol. The molecule has 0 radical (unpaired) electrons. The second kappa shape index (κ2) is 5.65. The molecule has 0 bridgehead atoms. The van der Waals surface area contributed by atoms with Crippen LogP contribution in [0.25, 0.3) is 0 Å². The number of benzene rings is 2. The van der Waals surface area contributed by atoms with Gasteiger partial charge in [0.1, 0.15) is 5.75 Å². The molecule has 0 aliphatic heterocycles.